The Morgan fingerprint density at radius 1 is 1.07 bits per heavy atom. The van der Waals surface area contributed by atoms with Gasteiger partial charge < -0.3 is 15.2 Å². The van der Waals surface area contributed by atoms with Gasteiger partial charge in [-0.1, -0.05) is 30.3 Å². The van der Waals surface area contributed by atoms with Crippen LogP contribution in [0.25, 0.3) is 0 Å². The Balaban J connectivity index is 2.17. The molecule has 0 aromatic heterocycles. The van der Waals surface area contributed by atoms with Crippen LogP contribution in [0.3, 0.4) is 0 Å². The number of carboxylic acid groups (broad SMARTS) is 1. The van der Waals surface area contributed by atoms with Crippen LogP contribution < -0.4 is 10.0 Å². The summed E-state index contributed by atoms with van der Waals surface area (Å²) in [4.78, 5) is 24.1. The monoisotopic (exact) mass is 420 g/mol. The van der Waals surface area contributed by atoms with Crippen molar-refractivity contribution in [2.75, 3.05) is 20.3 Å². The van der Waals surface area contributed by atoms with Crippen LogP contribution in [0, 0.1) is 5.92 Å². The standard InChI is InChI=1S/C20H24N2O6S/c1-14(20(24)25)18(15-6-4-3-5-7-15)22-19(23)16-8-10-17(11-9-16)29(26,27)21-12-13-28-2/h3-11,14,18,21H,12-13H2,1-2H3,(H,22,23)(H,24,25). The number of rotatable bonds is 10. The molecule has 0 aliphatic carbocycles. The normalized spacial score (nSPS) is 13.4. The summed E-state index contributed by atoms with van der Waals surface area (Å²) in [6, 6.07) is 13.5. The van der Waals surface area contributed by atoms with E-state index in [1.54, 1.807) is 30.3 Å². The summed E-state index contributed by atoms with van der Waals surface area (Å²) in [5.41, 5.74) is 0.886. The number of amides is 1. The third kappa shape index (κ3) is 6.11. The predicted octanol–water partition coefficient (Wildman–Crippen LogP) is 1.80. The molecule has 0 fully saturated rings. The first kappa shape index (κ1) is 22.5. The zero-order valence-corrected chi connectivity index (χ0v) is 17.0. The molecule has 156 valence electrons. The van der Waals surface area contributed by atoms with E-state index in [1.165, 1.54) is 38.3 Å². The highest BCUT2D eigenvalue weighted by Crippen LogP contribution is 2.23. The van der Waals surface area contributed by atoms with E-state index < -0.39 is 33.9 Å². The van der Waals surface area contributed by atoms with E-state index in [2.05, 4.69) is 10.0 Å². The van der Waals surface area contributed by atoms with E-state index in [9.17, 15) is 23.1 Å². The van der Waals surface area contributed by atoms with E-state index in [0.29, 0.717) is 5.56 Å². The molecule has 0 heterocycles. The Morgan fingerprint density at radius 2 is 1.69 bits per heavy atom. The molecule has 29 heavy (non-hydrogen) atoms. The quantitative estimate of drug-likeness (QED) is 0.504. The lowest BCUT2D eigenvalue weighted by molar-refractivity contribution is -0.142. The molecule has 2 aromatic carbocycles. The zero-order chi connectivity index (χ0) is 21.4. The fraction of sp³-hybridized carbons (Fsp3) is 0.300. The minimum absolute atomic E-state index is 0.0173. The van der Waals surface area contributed by atoms with Crippen LogP contribution in [0.1, 0.15) is 28.9 Å². The Kier molecular flexibility index (Phi) is 7.89. The number of carboxylic acids is 1. The lowest BCUT2D eigenvalue weighted by atomic mass is 9.94. The van der Waals surface area contributed by atoms with E-state index in [0.717, 1.165) is 0 Å². The Bertz CT molecular complexity index is 929. The number of aliphatic carboxylic acids is 1. The number of ether oxygens (including phenoxy) is 1. The van der Waals surface area contributed by atoms with Gasteiger partial charge in [0, 0.05) is 19.2 Å². The van der Waals surface area contributed by atoms with Crippen molar-refractivity contribution in [3.05, 3.63) is 65.7 Å². The molecule has 3 N–H and O–H groups in total. The second-order valence-electron chi connectivity index (χ2n) is 6.40. The molecular formula is C20H24N2O6S. The van der Waals surface area contributed by atoms with E-state index >= 15 is 0 Å². The SMILES string of the molecule is COCCNS(=O)(=O)c1ccc(C(=O)NC(c2ccccc2)C(C)C(=O)O)cc1. The average molecular weight is 420 g/mol. The first-order valence-corrected chi connectivity index (χ1v) is 10.4. The third-order valence-electron chi connectivity index (χ3n) is 4.36. The number of carbonyl (C=O) groups excluding carboxylic acids is 1. The molecule has 0 aliphatic heterocycles. The highest BCUT2D eigenvalue weighted by atomic mass is 32.2. The zero-order valence-electron chi connectivity index (χ0n) is 16.2. The summed E-state index contributed by atoms with van der Waals surface area (Å²) >= 11 is 0. The fourth-order valence-electron chi connectivity index (χ4n) is 2.67. The van der Waals surface area contributed by atoms with Gasteiger partial charge in [0.15, 0.2) is 0 Å². The molecule has 2 rings (SSSR count). The number of hydrogen-bond acceptors (Lipinski definition) is 5. The smallest absolute Gasteiger partial charge is 0.308 e. The summed E-state index contributed by atoms with van der Waals surface area (Å²) in [5.74, 6) is -2.39. The van der Waals surface area contributed by atoms with Crippen LogP contribution >= 0.6 is 0 Å². The second kappa shape index (κ2) is 10.1. The van der Waals surface area contributed by atoms with Crippen molar-refractivity contribution in [2.45, 2.75) is 17.9 Å². The van der Waals surface area contributed by atoms with Crippen molar-refractivity contribution >= 4 is 21.9 Å². The van der Waals surface area contributed by atoms with Crippen molar-refractivity contribution in [3.8, 4) is 0 Å². The highest BCUT2D eigenvalue weighted by molar-refractivity contribution is 7.89. The number of hydrogen-bond donors (Lipinski definition) is 3. The number of methoxy groups -OCH3 is 1. The van der Waals surface area contributed by atoms with Gasteiger partial charge in [-0.25, -0.2) is 13.1 Å². The Labute approximate surface area is 169 Å². The molecule has 2 aromatic rings. The predicted molar refractivity (Wildman–Crippen MR) is 107 cm³/mol. The molecule has 0 saturated heterocycles. The maximum atomic E-state index is 12.6. The summed E-state index contributed by atoms with van der Waals surface area (Å²) in [6.45, 7) is 1.89. The lowest BCUT2D eigenvalue weighted by Crippen LogP contribution is -2.35. The third-order valence-corrected chi connectivity index (χ3v) is 5.84. The van der Waals surface area contributed by atoms with Gasteiger partial charge in [-0.2, -0.15) is 0 Å². The minimum atomic E-state index is -3.71. The van der Waals surface area contributed by atoms with Crippen molar-refractivity contribution in [1.82, 2.24) is 10.0 Å². The molecule has 2 atom stereocenters. The molecule has 0 saturated carbocycles. The molecule has 0 radical (unpaired) electrons. The van der Waals surface area contributed by atoms with Crippen LogP contribution in [0.15, 0.2) is 59.5 Å². The van der Waals surface area contributed by atoms with Gasteiger partial charge in [-0.3, -0.25) is 9.59 Å². The fourth-order valence-corrected chi connectivity index (χ4v) is 3.68. The van der Waals surface area contributed by atoms with E-state index in [1.807, 2.05) is 0 Å². The maximum Gasteiger partial charge on any atom is 0.308 e. The topological polar surface area (TPSA) is 122 Å². The minimum Gasteiger partial charge on any atom is -0.481 e. The first-order chi connectivity index (χ1) is 13.8. The molecule has 0 bridgehead atoms. The van der Waals surface area contributed by atoms with Gasteiger partial charge >= 0.3 is 5.97 Å². The molecule has 0 spiro atoms. The summed E-state index contributed by atoms with van der Waals surface area (Å²) in [5, 5.41) is 12.1. The Morgan fingerprint density at radius 3 is 2.24 bits per heavy atom. The first-order valence-electron chi connectivity index (χ1n) is 8.93. The highest BCUT2D eigenvalue weighted by Gasteiger charge is 2.27. The maximum absolute atomic E-state index is 12.6. The molecule has 9 heteroatoms. The van der Waals surface area contributed by atoms with Crippen LogP contribution in [0.5, 0.6) is 0 Å². The average Bonchev–Trinajstić information content (AvgIpc) is 2.72. The Hall–Kier alpha value is -2.75. The van der Waals surface area contributed by atoms with Gasteiger partial charge in [0.1, 0.15) is 0 Å². The number of sulfonamides is 1. The second-order valence-corrected chi connectivity index (χ2v) is 8.17. The molecule has 8 nitrogen and oxygen atoms in total. The lowest BCUT2D eigenvalue weighted by Gasteiger charge is -2.23. The number of carbonyl (C=O) groups is 2. The van der Waals surface area contributed by atoms with Gasteiger partial charge in [0.25, 0.3) is 5.91 Å². The van der Waals surface area contributed by atoms with Gasteiger partial charge in [-0.05, 0) is 36.8 Å². The van der Waals surface area contributed by atoms with Crippen LogP contribution in [0.4, 0.5) is 0 Å². The summed E-state index contributed by atoms with van der Waals surface area (Å²) < 4.78 is 31.6. The van der Waals surface area contributed by atoms with Crippen molar-refractivity contribution in [2.24, 2.45) is 5.92 Å². The summed E-state index contributed by atoms with van der Waals surface area (Å²) in [6.07, 6.45) is 0. The van der Waals surface area contributed by atoms with Crippen LogP contribution in [0.2, 0.25) is 0 Å². The van der Waals surface area contributed by atoms with Gasteiger partial charge in [-0.15, -0.1) is 0 Å². The van der Waals surface area contributed by atoms with Crippen LogP contribution in [-0.2, 0) is 19.6 Å². The van der Waals surface area contributed by atoms with Crippen molar-refractivity contribution < 1.29 is 27.9 Å². The molecule has 1 amide bonds. The largest absolute Gasteiger partial charge is 0.481 e. The molecule has 0 aliphatic rings. The van der Waals surface area contributed by atoms with E-state index in [-0.39, 0.29) is 23.6 Å². The molecule has 2 unspecified atom stereocenters. The van der Waals surface area contributed by atoms with Gasteiger partial charge in [0.2, 0.25) is 10.0 Å². The van der Waals surface area contributed by atoms with Crippen molar-refractivity contribution in [3.63, 3.8) is 0 Å². The number of nitrogens with one attached hydrogen (secondary N) is 2. The van der Waals surface area contributed by atoms with Crippen LogP contribution in [-0.4, -0.2) is 45.7 Å². The molecular weight excluding hydrogens is 396 g/mol. The van der Waals surface area contributed by atoms with Crippen molar-refractivity contribution in [1.29, 1.82) is 0 Å². The summed E-state index contributed by atoms with van der Waals surface area (Å²) in [7, 11) is -2.24. The number of benzene rings is 2. The van der Waals surface area contributed by atoms with E-state index in [4.69, 9.17) is 4.74 Å². The van der Waals surface area contributed by atoms with Gasteiger partial charge in [0.05, 0.1) is 23.5 Å².